The lowest BCUT2D eigenvalue weighted by Gasteiger charge is -2.09. The fourth-order valence-corrected chi connectivity index (χ4v) is 2.30. The second kappa shape index (κ2) is 5.74. The Balaban J connectivity index is 2.09. The van der Waals surface area contributed by atoms with E-state index in [0.717, 1.165) is 33.7 Å². The van der Waals surface area contributed by atoms with Crippen LogP contribution in [0, 0.1) is 19.3 Å². The molecule has 4 heteroatoms. The van der Waals surface area contributed by atoms with Crippen LogP contribution < -0.4 is 5.32 Å². The number of aromatic hydroxyl groups is 1. The topological polar surface area (TPSA) is 58.0 Å². The number of phenolic OH excluding ortho intramolecular Hbond substituents is 1. The molecular weight excluding hydrogens is 274 g/mol. The first kappa shape index (κ1) is 13.9. The summed E-state index contributed by atoms with van der Waals surface area (Å²) in [4.78, 5) is 9.31. The Hall–Kier alpha value is -3.06. The standard InChI is InChI=1S/C18H15N3O/c1-3-10-19-14-6-9-16-17(11-14)21-18(12(2)20-16)13-4-7-15(22)8-5-13/h1,4-9,11,19,22H,10H2,2H3. The molecule has 0 atom stereocenters. The summed E-state index contributed by atoms with van der Waals surface area (Å²) in [7, 11) is 0. The van der Waals surface area contributed by atoms with Crippen LogP contribution in [0.2, 0.25) is 0 Å². The zero-order valence-electron chi connectivity index (χ0n) is 12.2. The fourth-order valence-electron chi connectivity index (χ4n) is 2.30. The molecule has 3 aromatic rings. The Morgan fingerprint density at radius 3 is 2.59 bits per heavy atom. The monoisotopic (exact) mass is 289 g/mol. The van der Waals surface area contributed by atoms with Gasteiger partial charge in [-0.25, -0.2) is 9.97 Å². The summed E-state index contributed by atoms with van der Waals surface area (Å²) in [5.74, 6) is 2.78. The fraction of sp³-hybridized carbons (Fsp3) is 0.111. The van der Waals surface area contributed by atoms with Gasteiger partial charge >= 0.3 is 0 Å². The lowest BCUT2D eigenvalue weighted by atomic mass is 10.1. The third-order valence-electron chi connectivity index (χ3n) is 3.37. The molecule has 0 aliphatic rings. The number of nitrogens with zero attached hydrogens (tertiary/aromatic N) is 2. The van der Waals surface area contributed by atoms with E-state index in [2.05, 4.69) is 16.2 Å². The molecule has 0 spiro atoms. The van der Waals surface area contributed by atoms with E-state index in [9.17, 15) is 5.11 Å². The third kappa shape index (κ3) is 2.70. The Kier molecular flexibility index (Phi) is 3.63. The van der Waals surface area contributed by atoms with E-state index in [1.165, 1.54) is 0 Å². The SMILES string of the molecule is C#CCNc1ccc2nc(C)c(-c3ccc(O)cc3)nc2c1. The largest absolute Gasteiger partial charge is 0.508 e. The Morgan fingerprint density at radius 2 is 1.86 bits per heavy atom. The number of anilines is 1. The first-order chi connectivity index (χ1) is 10.7. The molecule has 1 aromatic heterocycles. The summed E-state index contributed by atoms with van der Waals surface area (Å²) in [6, 6.07) is 12.8. The molecule has 0 saturated carbocycles. The lowest BCUT2D eigenvalue weighted by molar-refractivity contribution is 0.475. The van der Waals surface area contributed by atoms with Gasteiger partial charge in [0.1, 0.15) is 5.75 Å². The van der Waals surface area contributed by atoms with E-state index in [1.54, 1.807) is 12.1 Å². The van der Waals surface area contributed by atoms with Crippen molar-refractivity contribution < 1.29 is 5.11 Å². The number of terminal acetylenes is 1. The minimum absolute atomic E-state index is 0.232. The van der Waals surface area contributed by atoms with E-state index in [4.69, 9.17) is 11.4 Å². The summed E-state index contributed by atoms with van der Waals surface area (Å²) in [6.07, 6.45) is 5.26. The van der Waals surface area contributed by atoms with Crippen LogP contribution in [0.4, 0.5) is 5.69 Å². The maximum absolute atomic E-state index is 9.40. The lowest BCUT2D eigenvalue weighted by Crippen LogP contribution is -1.99. The Morgan fingerprint density at radius 1 is 1.09 bits per heavy atom. The van der Waals surface area contributed by atoms with Crippen molar-refractivity contribution in [3.8, 4) is 29.4 Å². The molecule has 4 nitrogen and oxygen atoms in total. The number of hydrogen-bond acceptors (Lipinski definition) is 4. The van der Waals surface area contributed by atoms with Crippen molar-refractivity contribution in [1.82, 2.24) is 9.97 Å². The van der Waals surface area contributed by atoms with Gasteiger partial charge in [0.15, 0.2) is 0 Å². The van der Waals surface area contributed by atoms with Crippen LogP contribution in [0.3, 0.4) is 0 Å². The summed E-state index contributed by atoms with van der Waals surface area (Å²) in [5, 5.41) is 12.5. The van der Waals surface area contributed by atoms with Crippen LogP contribution in [-0.4, -0.2) is 21.6 Å². The molecule has 0 unspecified atom stereocenters. The zero-order chi connectivity index (χ0) is 15.5. The minimum Gasteiger partial charge on any atom is -0.508 e. The highest BCUT2D eigenvalue weighted by Gasteiger charge is 2.08. The van der Waals surface area contributed by atoms with Crippen molar-refractivity contribution in [2.75, 3.05) is 11.9 Å². The van der Waals surface area contributed by atoms with Crippen LogP contribution in [-0.2, 0) is 0 Å². The highest BCUT2D eigenvalue weighted by Crippen LogP contribution is 2.25. The van der Waals surface area contributed by atoms with Gasteiger partial charge in [-0.2, -0.15) is 0 Å². The number of aromatic nitrogens is 2. The molecule has 0 bridgehead atoms. The minimum atomic E-state index is 0.232. The quantitative estimate of drug-likeness (QED) is 0.726. The molecular formula is C18H15N3O. The molecule has 3 rings (SSSR count). The molecule has 0 saturated heterocycles. The van der Waals surface area contributed by atoms with Crippen molar-refractivity contribution in [2.45, 2.75) is 6.92 Å². The molecule has 0 radical (unpaired) electrons. The van der Waals surface area contributed by atoms with Crippen molar-refractivity contribution in [3.05, 3.63) is 48.2 Å². The van der Waals surface area contributed by atoms with E-state index >= 15 is 0 Å². The average molecular weight is 289 g/mol. The molecule has 108 valence electrons. The van der Waals surface area contributed by atoms with Gasteiger partial charge in [0.25, 0.3) is 0 Å². The predicted molar refractivity (Wildman–Crippen MR) is 88.7 cm³/mol. The van der Waals surface area contributed by atoms with E-state index < -0.39 is 0 Å². The summed E-state index contributed by atoms with van der Waals surface area (Å²) in [5.41, 5.74) is 5.14. The van der Waals surface area contributed by atoms with E-state index in [0.29, 0.717) is 6.54 Å². The van der Waals surface area contributed by atoms with Gasteiger partial charge in [-0.1, -0.05) is 5.92 Å². The van der Waals surface area contributed by atoms with E-state index in [-0.39, 0.29) is 5.75 Å². The normalized spacial score (nSPS) is 10.4. The van der Waals surface area contributed by atoms with Crippen LogP contribution in [0.1, 0.15) is 5.69 Å². The molecule has 22 heavy (non-hydrogen) atoms. The Labute approximate surface area is 128 Å². The number of benzene rings is 2. The van der Waals surface area contributed by atoms with Gasteiger partial charge in [0, 0.05) is 11.3 Å². The number of hydrogen-bond donors (Lipinski definition) is 2. The first-order valence-electron chi connectivity index (χ1n) is 6.92. The van der Waals surface area contributed by atoms with Gasteiger partial charge in [-0.15, -0.1) is 6.42 Å². The molecule has 1 heterocycles. The zero-order valence-corrected chi connectivity index (χ0v) is 12.2. The molecule has 2 N–H and O–H groups in total. The molecule has 2 aromatic carbocycles. The van der Waals surface area contributed by atoms with Crippen molar-refractivity contribution >= 4 is 16.7 Å². The third-order valence-corrected chi connectivity index (χ3v) is 3.37. The van der Waals surface area contributed by atoms with Gasteiger partial charge < -0.3 is 10.4 Å². The van der Waals surface area contributed by atoms with Crippen LogP contribution in [0.5, 0.6) is 5.75 Å². The molecule has 0 fully saturated rings. The smallest absolute Gasteiger partial charge is 0.115 e. The summed E-state index contributed by atoms with van der Waals surface area (Å²) < 4.78 is 0. The van der Waals surface area contributed by atoms with Crippen LogP contribution in [0.25, 0.3) is 22.3 Å². The number of phenols is 1. The molecule has 0 aliphatic carbocycles. The maximum atomic E-state index is 9.40. The van der Waals surface area contributed by atoms with Gasteiger partial charge in [0.05, 0.1) is 29.0 Å². The molecule has 0 amide bonds. The second-order valence-electron chi connectivity index (χ2n) is 4.97. The number of aryl methyl sites for hydroxylation is 1. The van der Waals surface area contributed by atoms with Gasteiger partial charge in [0.2, 0.25) is 0 Å². The predicted octanol–water partition coefficient (Wildman–Crippen LogP) is 3.36. The van der Waals surface area contributed by atoms with Crippen molar-refractivity contribution in [2.24, 2.45) is 0 Å². The number of fused-ring (bicyclic) bond motifs is 1. The Bertz CT molecular complexity index is 864. The van der Waals surface area contributed by atoms with Crippen LogP contribution in [0.15, 0.2) is 42.5 Å². The first-order valence-corrected chi connectivity index (χ1v) is 6.92. The van der Waals surface area contributed by atoms with Gasteiger partial charge in [-0.3, -0.25) is 0 Å². The molecule has 0 aliphatic heterocycles. The van der Waals surface area contributed by atoms with Crippen LogP contribution >= 0.6 is 0 Å². The summed E-state index contributed by atoms with van der Waals surface area (Å²) in [6.45, 7) is 2.40. The highest BCUT2D eigenvalue weighted by atomic mass is 16.3. The van der Waals surface area contributed by atoms with Crippen molar-refractivity contribution in [1.29, 1.82) is 0 Å². The number of rotatable bonds is 3. The van der Waals surface area contributed by atoms with Crippen molar-refractivity contribution in [3.63, 3.8) is 0 Å². The maximum Gasteiger partial charge on any atom is 0.115 e. The van der Waals surface area contributed by atoms with E-state index in [1.807, 2.05) is 37.3 Å². The summed E-state index contributed by atoms with van der Waals surface area (Å²) >= 11 is 0. The average Bonchev–Trinajstić information content (AvgIpc) is 2.53. The number of nitrogens with one attached hydrogen (secondary N) is 1. The van der Waals surface area contributed by atoms with Gasteiger partial charge in [-0.05, 0) is 49.4 Å². The highest BCUT2D eigenvalue weighted by molar-refractivity contribution is 5.81. The second-order valence-corrected chi connectivity index (χ2v) is 4.97.